The summed E-state index contributed by atoms with van der Waals surface area (Å²) in [4.78, 5) is 2.03. The van der Waals surface area contributed by atoms with Crippen LogP contribution in [-0.4, -0.2) is 39.5 Å². The normalized spacial score (nSPS) is 12.6. The fourth-order valence-corrected chi connectivity index (χ4v) is 5.18. The third-order valence-electron chi connectivity index (χ3n) is 2.79. The van der Waals surface area contributed by atoms with Crippen LogP contribution in [0.25, 0.3) is 0 Å². The number of aryl methyl sites for hydroxylation is 1. The number of hydrogen-bond donors (Lipinski definition) is 0. The van der Waals surface area contributed by atoms with Gasteiger partial charge in [-0.1, -0.05) is 13.8 Å². The molecule has 1 rings (SSSR count). The summed E-state index contributed by atoms with van der Waals surface area (Å²) < 4.78 is 32.0. The van der Waals surface area contributed by atoms with Gasteiger partial charge in [-0.15, -0.1) is 22.9 Å². The first-order valence-corrected chi connectivity index (χ1v) is 9.26. The minimum absolute atomic E-state index is 0.257. The van der Waals surface area contributed by atoms with Crippen molar-refractivity contribution in [1.82, 2.24) is 4.31 Å². The molecule has 0 bridgehead atoms. The highest BCUT2D eigenvalue weighted by Crippen LogP contribution is 2.29. The molecule has 0 amide bonds. The van der Waals surface area contributed by atoms with Gasteiger partial charge in [-0.3, -0.25) is 0 Å². The van der Waals surface area contributed by atoms with Gasteiger partial charge in [0.05, 0.1) is 17.4 Å². The molecule has 116 valence electrons. The Morgan fingerprint density at radius 1 is 1.45 bits per heavy atom. The van der Waals surface area contributed by atoms with E-state index in [1.807, 2.05) is 20.8 Å². The summed E-state index contributed by atoms with van der Waals surface area (Å²) in [6, 6.07) is 1.68. The van der Waals surface area contributed by atoms with Crippen LogP contribution >= 0.6 is 22.9 Å². The van der Waals surface area contributed by atoms with E-state index < -0.39 is 10.0 Å². The van der Waals surface area contributed by atoms with Crippen LogP contribution in [0.2, 0.25) is 0 Å². The number of hydrogen-bond acceptors (Lipinski definition) is 4. The number of ether oxygens (including phenoxy) is 1. The second-order valence-corrected chi connectivity index (χ2v) is 8.53. The Kier molecular flexibility index (Phi) is 6.94. The van der Waals surface area contributed by atoms with Crippen molar-refractivity contribution in [3.05, 3.63) is 15.8 Å². The maximum absolute atomic E-state index is 12.8. The zero-order valence-corrected chi connectivity index (χ0v) is 14.7. The molecule has 0 fully saturated rings. The zero-order valence-electron chi connectivity index (χ0n) is 12.3. The van der Waals surface area contributed by atoms with Gasteiger partial charge in [-0.25, -0.2) is 8.42 Å². The summed E-state index contributed by atoms with van der Waals surface area (Å²) in [7, 11) is -1.91. The molecule has 0 atom stereocenters. The van der Waals surface area contributed by atoms with Crippen molar-refractivity contribution in [2.75, 3.05) is 26.8 Å². The molecule has 0 aliphatic rings. The van der Waals surface area contributed by atoms with Crippen LogP contribution < -0.4 is 0 Å². The molecule has 0 radical (unpaired) electrons. The molecule has 7 heteroatoms. The Morgan fingerprint density at radius 2 is 2.10 bits per heavy atom. The van der Waals surface area contributed by atoms with E-state index in [-0.39, 0.29) is 5.92 Å². The molecule has 0 saturated carbocycles. The number of alkyl halides is 1. The van der Waals surface area contributed by atoms with Crippen molar-refractivity contribution >= 4 is 33.0 Å². The molecular weight excluding hydrogens is 318 g/mol. The third-order valence-corrected chi connectivity index (χ3v) is 6.40. The highest BCUT2D eigenvalue weighted by atomic mass is 35.5. The first kappa shape index (κ1) is 17.9. The molecule has 0 unspecified atom stereocenters. The fourth-order valence-electron chi connectivity index (χ4n) is 1.90. The number of sulfonamides is 1. The molecule has 0 aliphatic carbocycles. The SMILES string of the molecule is COCCN(CC(C)C)S(=O)(=O)c1cc(CCl)sc1C. The van der Waals surface area contributed by atoms with E-state index >= 15 is 0 Å². The summed E-state index contributed by atoms with van der Waals surface area (Å²) in [5.41, 5.74) is 0. The Bertz CT molecular complexity index is 526. The molecule has 0 aliphatic heterocycles. The average Bonchev–Trinajstić information content (AvgIpc) is 2.76. The van der Waals surface area contributed by atoms with E-state index in [4.69, 9.17) is 16.3 Å². The van der Waals surface area contributed by atoms with Crippen molar-refractivity contribution in [1.29, 1.82) is 0 Å². The minimum atomic E-state index is -3.48. The van der Waals surface area contributed by atoms with Gasteiger partial charge in [0, 0.05) is 30.0 Å². The van der Waals surface area contributed by atoms with Crippen LogP contribution in [0, 0.1) is 12.8 Å². The Hall–Kier alpha value is -0.140. The van der Waals surface area contributed by atoms with Gasteiger partial charge in [0.2, 0.25) is 10.0 Å². The van der Waals surface area contributed by atoms with Gasteiger partial charge in [-0.2, -0.15) is 4.31 Å². The molecule has 1 heterocycles. The summed E-state index contributed by atoms with van der Waals surface area (Å²) in [6.45, 7) is 7.05. The minimum Gasteiger partial charge on any atom is -0.383 e. The van der Waals surface area contributed by atoms with Gasteiger partial charge in [0.1, 0.15) is 0 Å². The number of halogens is 1. The molecule has 1 aromatic heterocycles. The number of nitrogens with zero attached hydrogens (tertiary/aromatic N) is 1. The standard InChI is InChI=1S/C13H22ClNO3S2/c1-10(2)9-15(5-6-18-4)20(16,17)13-7-12(8-14)19-11(13)3/h7,10H,5-6,8-9H2,1-4H3. The fraction of sp³-hybridized carbons (Fsp3) is 0.692. The van der Waals surface area contributed by atoms with E-state index in [2.05, 4.69) is 0 Å². The van der Waals surface area contributed by atoms with Crippen LogP contribution in [0.1, 0.15) is 23.6 Å². The predicted octanol–water partition coefficient (Wildman–Crippen LogP) is 3.09. The third kappa shape index (κ3) is 4.43. The summed E-state index contributed by atoms with van der Waals surface area (Å²) in [5, 5.41) is 0. The van der Waals surface area contributed by atoms with Crippen LogP contribution in [0.15, 0.2) is 11.0 Å². The van der Waals surface area contributed by atoms with Crippen molar-refractivity contribution in [3.8, 4) is 0 Å². The van der Waals surface area contributed by atoms with Gasteiger partial charge in [-0.05, 0) is 18.9 Å². The zero-order chi connectivity index (χ0) is 15.3. The predicted molar refractivity (Wildman–Crippen MR) is 84.1 cm³/mol. The number of methoxy groups -OCH3 is 1. The molecule has 0 aromatic carbocycles. The quantitative estimate of drug-likeness (QED) is 0.684. The molecule has 20 heavy (non-hydrogen) atoms. The monoisotopic (exact) mass is 339 g/mol. The van der Waals surface area contributed by atoms with E-state index in [0.29, 0.717) is 30.5 Å². The number of rotatable bonds is 8. The second-order valence-electron chi connectivity index (χ2n) is 5.02. The van der Waals surface area contributed by atoms with E-state index in [0.717, 1.165) is 9.75 Å². The van der Waals surface area contributed by atoms with E-state index in [1.165, 1.54) is 15.6 Å². The molecular formula is C13H22ClNO3S2. The highest BCUT2D eigenvalue weighted by Gasteiger charge is 2.28. The van der Waals surface area contributed by atoms with Crippen molar-refractivity contribution in [2.24, 2.45) is 5.92 Å². The second kappa shape index (κ2) is 7.75. The molecule has 0 N–H and O–H groups in total. The molecule has 1 aromatic rings. The topological polar surface area (TPSA) is 46.6 Å². The van der Waals surface area contributed by atoms with Crippen LogP contribution in [0.4, 0.5) is 0 Å². The molecule has 0 spiro atoms. The van der Waals surface area contributed by atoms with E-state index in [1.54, 1.807) is 13.2 Å². The summed E-state index contributed by atoms with van der Waals surface area (Å²) >= 11 is 7.22. The Balaban J connectivity index is 3.10. The Labute approximate surface area is 130 Å². The van der Waals surface area contributed by atoms with Crippen molar-refractivity contribution < 1.29 is 13.2 Å². The first-order valence-electron chi connectivity index (χ1n) is 6.47. The maximum atomic E-state index is 12.8. The van der Waals surface area contributed by atoms with Gasteiger partial charge in [0.25, 0.3) is 0 Å². The lowest BCUT2D eigenvalue weighted by Crippen LogP contribution is -2.36. The van der Waals surface area contributed by atoms with Crippen molar-refractivity contribution in [2.45, 2.75) is 31.5 Å². The molecule has 4 nitrogen and oxygen atoms in total. The highest BCUT2D eigenvalue weighted by molar-refractivity contribution is 7.89. The summed E-state index contributed by atoms with van der Waals surface area (Å²) in [5.74, 6) is 0.594. The van der Waals surface area contributed by atoms with Gasteiger partial charge in [0.15, 0.2) is 0 Å². The average molecular weight is 340 g/mol. The van der Waals surface area contributed by atoms with Crippen LogP contribution in [-0.2, 0) is 20.6 Å². The smallest absolute Gasteiger partial charge is 0.244 e. The first-order chi connectivity index (χ1) is 9.32. The number of thiophene rings is 1. The lowest BCUT2D eigenvalue weighted by atomic mass is 10.2. The summed E-state index contributed by atoms with van der Waals surface area (Å²) in [6.07, 6.45) is 0. The van der Waals surface area contributed by atoms with Gasteiger partial charge < -0.3 is 4.74 Å². The largest absolute Gasteiger partial charge is 0.383 e. The van der Waals surface area contributed by atoms with Gasteiger partial charge >= 0.3 is 0 Å². The van der Waals surface area contributed by atoms with Crippen LogP contribution in [0.3, 0.4) is 0 Å². The maximum Gasteiger partial charge on any atom is 0.244 e. The lowest BCUT2D eigenvalue weighted by molar-refractivity contribution is 0.175. The lowest BCUT2D eigenvalue weighted by Gasteiger charge is -2.23. The van der Waals surface area contributed by atoms with E-state index in [9.17, 15) is 8.42 Å². The Morgan fingerprint density at radius 3 is 2.55 bits per heavy atom. The van der Waals surface area contributed by atoms with Crippen molar-refractivity contribution in [3.63, 3.8) is 0 Å². The molecule has 0 saturated heterocycles. The van der Waals surface area contributed by atoms with Crippen LogP contribution in [0.5, 0.6) is 0 Å².